The van der Waals surface area contributed by atoms with Gasteiger partial charge in [-0.05, 0) is 67.0 Å². The summed E-state index contributed by atoms with van der Waals surface area (Å²) in [6, 6.07) is 9.36. The average molecular weight is 423 g/mol. The van der Waals surface area contributed by atoms with E-state index in [9.17, 15) is 9.59 Å². The van der Waals surface area contributed by atoms with Crippen molar-refractivity contribution in [3.05, 3.63) is 30.3 Å². The zero-order chi connectivity index (χ0) is 22.5. The Balaban J connectivity index is 3.11. The molecule has 1 aromatic carbocycles. The minimum Gasteiger partial charge on any atom is -0.478 e. The second kappa shape index (κ2) is 9.88. The highest BCUT2D eigenvalue weighted by Gasteiger charge is 2.46. The first-order valence-electron chi connectivity index (χ1n) is 10.2. The first-order valence-corrected chi connectivity index (χ1v) is 10.8. The predicted octanol–water partition coefficient (Wildman–Crippen LogP) is 4.32. The first kappa shape index (κ1) is 25.3. The molecule has 164 valence electrons. The number of nitrogens with one attached hydrogen (secondary N) is 1. The topological polar surface area (TPSA) is 58.6 Å². The van der Waals surface area contributed by atoms with Crippen LogP contribution < -0.4 is 10.1 Å². The minimum absolute atomic E-state index is 0.0202. The van der Waals surface area contributed by atoms with Crippen molar-refractivity contribution in [2.45, 2.75) is 78.5 Å². The number of nitrogens with zero attached hydrogens (tertiary/aromatic N) is 1. The Morgan fingerprint density at radius 1 is 1.07 bits per heavy atom. The summed E-state index contributed by atoms with van der Waals surface area (Å²) in [6.45, 7) is 16.1. The zero-order valence-corrected chi connectivity index (χ0v) is 20.1. The molecule has 0 aromatic heterocycles. The first-order chi connectivity index (χ1) is 13.2. The molecular weight excluding hydrogens is 384 g/mol. The Bertz CT molecular complexity index is 681. The maximum Gasteiger partial charge on any atom is 0.267 e. The summed E-state index contributed by atoms with van der Waals surface area (Å²) in [4.78, 5) is 27.9. The summed E-state index contributed by atoms with van der Waals surface area (Å²) in [5.74, 6) is 0.882. The van der Waals surface area contributed by atoms with E-state index in [1.54, 1.807) is 13.8 Å². The molecule has 0 heterocycles. The molecule has 1 unspecified atom stereocenters. The smallest absolute Gasteiger partial charge is 0.267 e. The second-order valence-electron chi connectivity index (χ2n) is 9.67. The molecule has 1 rings (SSSR count). The summed E-state index contributed by atoms with van der Waals surface area (Å²) in [5, 5.41) is 2.88. The molecule has 29 heavy (non-hydrogen) atoms. The second-order valence-corrected chi connectivity index (χ2v) is 10.1. The molecule has 0 saturated carbocycles. The van der Waals surface area contributed by atoms with Crippen molar-refractivity contribution in [1.29, 1.82) is 0 Å². The molecule has 0 radical (unpaired) electrons. The number of para-hydroxylation sites is 1. The Morgan fingerprint density at radius 3 is 2.10 bits per heavy atom. The average Bonchev–Trinajstić information content (AvgIpc) is 2.58. The number of ether oxygens (including phenoxy) is 1. The number of rotatable bonds is 9. The Labute approximate surface area is 182 Å². The van der Waals surface area contributed by atoms with Gasteiger partial charge in [-0.1, -0.05) is 25.1 Å². The van der Waals surface area contributed by atoms with E-state index >= 15 is 0 Å². The van der Waals surface area contributed by atoms with Gasteiger partial charge in [0.15, 0.2) is 5.60 Å². The SMILES string of the molecule is CC(CC(C)(C)N(C(=O)C(C)(C)Oc1ccccc1)C(C)(C)C)C(=O)NCCS. The number of hydrogen-bond donors (Lipinski definition) is 2. The Hall–Kier alpha value is -1.69. The predicted molar refractivity (Wildman–Crippen MR) is 122 cm³/mol. The Kier molecular flexibility index (Phi) is 8.63. The van der Waals surface area contributed by atoms with Gasteiger partial charge in [-0.15, -0.1) is 0 Å². The third-order valence-corrected chi connectivity index (χ3v) is 5.00. The molecule has 0 aliphatic carbocycles. The maximum atomic E-state index is 13.7. The molecule has 0 aliphatic rings. The summed E-state index contributed by atoms with van der Waals surface area (Å²) >= 11 is 4.14. The molecule has 0 fully saturated rings. The van der Waals surface area contributed by atoms with Crippen molar-refractivity contribution in [3.63, 3.8) is 0 Å². The maximum absolute atomic E-state index is 13.7. The molecule has 1 atom stereocenters. The lowest BCUT2D eigenvalue weighted by molar-refractivity contribution is -0.160. The summed E-state index contributed by atoms with van der Waals surface area (Å²) in [5.41, 5.74) is -2.05. The highest BCUT2D eigenvalue weighted by atomic mass is 32.1. The normalized spacial score (nSPS) is 13.6. The molecular formula is C23H38N2O3S. The quantitative estimate of drug-likeness (QED) is 0.583. The van der Waals surface area contributed by atoms with Crippen LogP contribution in [0.4, 0.5) is 0 Å². The van der Waals surface area contributed by atoms with Crippen molar-refractivity contribution in [2.24, 2.45) is 5.92 Å². The van der Waals surface area contributed by atoms with Gasteiger partial charge in [-0.25, -0.2) is 0 Å². The van der Waals surface area contributed by atoms with Crippen molar-refractivity contribution in [3.8, 4) is 5.75 Å². The van der Waals surface area contributed by atoms with Crippen LogP contribution in [0.15, 0.2) is 30.3 Å². The van der Waals surface area contributed by atoms with Gasteiger partial charge in [0.1, 0.15) is 5.75 Å². The van der Waals surface area contributed by atoms with Crippen molar-refractivity contribution in [2.75, 3.05) is 12.3 Å². The third kappa shape index (κ3) is 7.25. The Morgan fingerprint density at radius 2 is 1.62 bits per heavy atom. The van der Waals surface area contributed by atoms with E-state index in [0.29, 0.717) is 24.5 Å². The third-order valence-electron chi connectivity index (χ3n) is 4.77. The fourth-order valence-electron chi connectivity index (χ4n) is 3.87. The number of amides is 2. The van der Waals surface area contributed by atoms with Gasteiger partial charge in [0.05, 0.1) is 0 Å². The fourth-order valence-corrected chi connectivity index (χ4v) is 3.98. The fraction of sp³-hybridized carbons (Fsp3) is 0.652. The number of thiol groups is 1. The summed E-state index contributed by atoms with van der Waals surface area (Å²) in [6.07, 6.45) is 0.538. The van der Waals surface area contributed by atoms with Crippen LogP contribution in [0, 0.1) is 5.92 Å². The van der Waals surface area contributed by atoms with Crippen molar-refractivity contribution in [1.82, 2.24) is 10.2 Å². The molecule has 6 heteroatoms. The van der Waals surface area contributed by atoms with Gasteiger partial charge in [-0.3, -0.25) is 9.59 Å². The number of benzene rings is 1. The van der Waals surface area contributed by atoms with Crippen LogP contribution in [0.1, 0.15) is 61.8 Å². The van der Waals surface area contributed by atoms with E-state index in [1.165, 1.54) is 0 Å². The number of hydrogen-bond acceptors (Lipinski definition) is 4. The van der Waals surface area contributed by atoms with E-state index in [1.807, 2.05) is 76.8 Å². The monoisotopic (exact) mass is 422 g/mol. The lowest BCUT2D eigenvalue weighted by Gasteiger charge is -2.50. The molecule has 1 aromatic rings. The van der Waals surface area contributed by atoms with Gasteiger partial charge in [0.2, 0.25) is 5.91 Å². The standard InChI is InChI=1S/C23H38N2O3S/c1-17(19(26)24-14-15-29)16-22(5,6)25(21(2,3)4)20(27)23(7,8)28-18-12-10-9-11-13-18/h9-13,17,29H,14-16H2,1-8H3,(H,24,26). The molecule has 0 bridgehead atoms. The van der Waals surface area contributed by atoms with Gasteiger partial charge in [0.25, 0.3) is 5.91 Å². The zero-order valence-electron chi connectivity index (χ0n) is 19.2. The van der Waals surface area contributed by atoms with Gasteiger partial charge < -0.3 is 15.0 Å². The van der Waals surface area contributed by atoms with Crippen molar-refractivity contribution >= 4 is 24.4 Å². The molecule has 2 amide bonds. The van der Waals surface area contributed by atoms with Gasteiger partial charge in [0, 0.05) is 29.3 Å². The molecule has 5 nitrogen and oxygen atoms in total. The summed E-state index contributed by atoms with van der Waals surface area (Å²) < 4.78 is 6.06. The largest absolute Gasteiger partial charge is 0.478 e. The van der Waals surface area contributed by atoms with Gasteiger partial charge in [-0.2, -0.15) is 12.6 Å². The highest BCUT2D eigenvalue weighted by Crippen LogP contribution is 2.34. The number of carbonyl (C=O) groups excluding carboxylic acids is 2. The van der Waals surface area contributed by atoms with Crippen LogP contribution in [0.2, 0.25) is 0 Å². The lowest BCUT2D eigenvalue weighted by atomic mass is 9.84. The number of carbonyl (C=O) groups is 2. The van der Waals surface area contributed by atoms with Crippen LogP contribution in [-0.2, 0) is 9.59 Å². The van der Waals surface area contributed by atoms with E-state index in [2.05, 4.69) is 17.9 Å². The highest BCUT2D eigenvalue weighted by molar-refractivity contribution is 7.80. The van der Waals surface area contributed by atoms with E-state index in [4.69, 9.17) is 4.74 Å². The molecule has 0 saturated heterocycles. The minimum atomic E-state index is -1.05. The molecule has 0 spiro atoms. The van der Waals surface area contributed by atoms with Crippen LogP contribution in [0.3, 0.4) is 0 Å². The van der Waals surface area contributed by atoms with E-state index in [-0.39, 0.29) is 17.7 Å². The van der Waals surface area contributed by atoms with Crippen LogP contribution in [-0.4, -0.2) is 45.7 Å². The van der Waals surface area contributed by atoms with Crippen LogP contribution >= 0.6 is 12.6 Å². The lowest BCUT2D eigenvalue weighted by Crippen LogP contribution is -2.63. The summed E-state index contributed by atoms with van der Waals surface area (Å²) in [7, 11) is 0. The van der Waals surface area contributed by atoms with Crippen LogP contribution in [0.5, 0.6) is 5.75 Å². The van der Waals surface area contributed by atoms with Crippen LogP contribution in [0.25, 0.3) is 0 Å². The van der Waals surface area contributed by atoms with Gasteiger partial charge >= 0.3 is 0 Å². The van der Waals surface area contributed by atoms with E-state index < -0.39 is 16.7 Å². The molecule has 0 aliphatic heterocycles. The van der Waals surface area contributed by atoms with Crippen molar-refractivity contribution < 1.29 is 14.3 Å². The molecule has 1 N–H and O–H groups in total. The van der Waals surface area contributed by atoms with E-state index in [0.717, 1.165) is 0 Å².